The van der Waals surface area contributed by atoms with E-state index >= 15 is 0 Å². The van der Waals surface area contributed by atoms with E-state index in [9.17, 15) is 9.59 Å². The van der Waals surface area contributed by atoms with E-state index in [1.54, 1.807) is 18.2 Å². The lowest BCUT2D eigenvalue weighted by Gasteiger charge is -2.36. The summed E-state index contributed by atoms with van der Waals surface area (Å²) in [4.78, 5) is 25.4. The maximum Gasteiger partial charge on any atom is 0.287 e. The number of anilines is 1. The molecule has 1 unspecified atom stereocenters. The van der Waals surface area contributed by atoms with Gasteiger partial charge in [0, 0.05) is 25.2 Å². The number of piperidine rings is 1. The largest absolute Gasteiger partial charge is 0.444 e. The summed E-state index contributed by atoms with van der Waals surface area (Å²) in [5.74, 6) is 0.765. The minimum absolute atomic E-state index is 0.143. The van der Waals surface area contributed by atoms with Crippen LogP contribution in [0.3, 0.4) is 0 Å². The molecule has 2 aromatic rings. The molecular formula is C15H17BrN4O3. The monoisotopic (exact) mass is 380 g/mol. The maximum atomic E-state index is 12.1. The number of H-pyrrole nitrogens is 1. The second kappa shape index (κ2) is 6.99. The molecule has 0 aromatic carbocycles. The Kier molecular flexibility index (Phi) is 4.80. The Hall–Kier alpha value is -2.09. The Morgan fingerprint density at radius 2 is 2.26 bits per heavy atom. The van der Waals surface area contributed by atoms with Gasteiger partial charge in [-0.15, -0.1) is 0 Å². The standard InChI is InChI=1S/C15H17BrN4O3/c16-12-5-4-11(23-12)15(22)17-9-10-3-1-2-8-20(10)13-6-7-14(21)19-18-13/h4-7,10H,1-3,8-9H2,(H,17,22)(H,19,21). The van der Waals surface area contributed by atoms with E-state index in [1.807, 2.05) is 0 Å². The SMILES string of the molecule is O=C(NCC1CCCCN1c1ccc(=O)[nH]n1)c1ccc(Br)o1. The van der Waals surface area contributed by atoms with Crippen molar-refractivity contribution in [3.63, 3.8) is 0 Å². The predicted molar refractivity (Wildman–Crippen MR) is 88.6 cm³/mol. The van der Waals surface area contributed by atoms with Crippen molar-refractivity contribution in [2.45, 2.75) is 25.3 Å². The van der Waals surface area contributed by atoms with Gasteiger partial charge in [-0.2, -0.15) is 5.10 Å². The number of nitrogens with zero attached hydrogens (tertiary/aromatic N) is 2. The lowest BCUT2D eigenvalue weighted by atomic mass is 10.0. The molecule has 2 aromatic heterocycles. The molecule has 122 valence electrons. The highest BCUT2D eigenvalue weighted by Crippen LogP contribution is 2.22. The first-order valence-electron chi connectivity index (χ1n) is 7.49. The lowest BCUT2D eigenvalue weighted by Crippen LogP contribution is -2.47. The summed E-state index contributed by atoms with van der Waals surface area (Å²) < 4.78 is 5.78. The van der Waals surface area contributed by atoms with E-state index in [1.165, 1.54) is 6.07 Å². The summed E-state index contributed by atoms with van der Waals surface area (Å²) in [5.41, 5.74) is -0.223. The van der Waals surface area contributed by atoms with E-state index in [-0.39, 0.29) is 23.3 Å². The molecule has 8 heteroatoms. The zero-order valence-electron chi connectivity index (χ0n) is 12.4. The van der Waals surface area contributed by atoms with Crippen molar-refractivity contribution in [1.29, 1.82) is 0 Å². The van der Waals surface area contributed by atoms with Crippen LogP contribution >= 0.6 is 15.9 Å². The Balaban J connectivity index is 1.66. The predicted octanol–water partition coefficient (Wildman–Crippen LogP) is 1.91. The molecule has 0 radical (unpaired) electrons. The average molecular weight is 381 g/mol. The van der Waals surface area contributed by atoms with Crippen LogP contribution in [-0.4, -0.2) is 35.2 Å². The van der Waals surface area contributed by atoms with Crippen LogP contribution in [0, 0.1) is 0 Å². The third-order valence-electron chi connectivity index (χ3n) is 3.88. The van der Waals surface area contributed by atoms with E-state index in [2.05, 4.69) is 36.3 Å². The lowest BCUT2D eigenvalue weighted by molar-refractivity contribution is 0.0920. The minimum Gasteiger partial charge on any atom is -0.444 e. The topological polar surface area (TPSA) is 91.2 Å². The first-order chi connectivity index (χ1) is 11.1. The second-order valence-electron chi connectivity index (χ2n) is 5.44. The van der Waals surface area contributed by atoms with Gasteiger partial charge < -0.3 is 14.6 Å². The fourth-order valence-corrected chi connectivity index (χ4v) is 3.05. The van der Waals surface area contributed by atoms with Crippen LogP contribution in [0.4, 0.5) is 5.82 Å². The molecule has 1 fully saturated rings. The third-order valence-corrected chi connectivity index (χ3v) is 4.31. The third kappa shape index (κ3) is 3.82. The zero-order chi connectivity index (χ0) is 16.2. The highest BCUT2D eigenvalue weighted by atomic mass is 79.9. The molecule has 0 bridgehead atoms. The van der Waals surface area contributed by atoms with E-state index in [0.717, 1.165) is 31.6 Å². The van der Waals surface area contributed by atoms with Gasteiger partial charge in [-0.05, 0) is 53.4 Å². The number of carbonyl (C=O) groups is 1. The summed E-state index contributed by atoms with van der Waals surface area (Å²) in [6, 6.07) is 6.63. The van der Waals surface area contributed by atoms with Gasteiger partial charge in [0.1, 0.15) is 5.82 Å². The average Bonchev–Trinajstić information content (AvgIpc) is 3.00. The van der Waals surface area contributed by atoms with E-state index in [4.69, 9.17) is 4.42 Å². The van der Waals surface area contributed by atoms with Crippen LogP contribution in [0.5, 0.6) is 0 Å². The Bertz CT molecular complexity index is 722. The molecule has 0 spiro atoms. The smallest absolute Gasteiger partial charge is 0.287 e. The quantitative estimate of drug-likeness (QED) is 0.845. The van der Waals surface area contributed by atoms with Gasteiger partial charge in [0.05, 0.1) is 0 Å². The van der Waals surface area contributed by atoms with Crippen molar-refractivity contribution in [2.75, 3.05) is 18.0 Å². The van der Waals surface area contributed by atoms with Gasteiger partial charge in [-0.25, -0.2) is 5.10 Å². The molecule has 0 saturated carbocycles. The normalized spacial score (nSPS) is 18.0. The molecule has 3 rings (SSSR count). The van der Waals surface area contributed by atoms with Gasteiger partial charge >= 0.3 is 0 Å². The number of nitrogens with one attached hydrogen (secondary N) is 2. The summed E-state index contributed by atoms with van der Waals surface area (Å²) in [6.07, 6.45) is 3.13. The molecule has 23 heavy (non-hydrogen) atoms. The van der Waals surface area contributed by atoms with Crippen LogP contribution in [-0.2, 0) is 0 Å². The molecule has 7 nitrogen and oxygen atoms in total. The number of hydrogen-bond acceptors (Lipinski definition) is 5. The Morgan fingerprint density at radius 3 is 2.96 bits per heavy atom. The number of hydrogen-bond donors (Lipinski definition) is 2. The van der Waals surface area contributed by atoms with Crippen LogP contribution in [0.25, 0.3) is 0 Å². The number of aromatic amines is 1. The summed E-state index contributed by atoms with van der Waals surface area (Å²) in [6.45, 7) is 1.35. The van der Waals surface area contributed by atoms with Crippen LogP contribution in [0.2, 0.25) is 0 Å². The fraction of sp³-hybridized carbons (Fsp3) is 0.400. The number of rotatable bonds is 4. The molecule has 1 aliphatic heterocycles. The first-order valence-corrected chi connectivity index (χ1v) is 8.29. The molecule has 1 atom stereocenters. The molecule has 1 saturated heterocycles. The molecule has 0 aliphatic carbocycles. The van der Waals surface area contributed by atoms with Gasteiger partial charge in [0.2, 0.25) is 0 Å². The van der Waals surface area contributed by atoms with Gasteiger partial charge in [0.15, 0.2) is 10.4 Å². The zero-order valence-corrected chi connectivity index (χ0v) is 14.0. The van der Waals surface area contributed by atoms with E-state index in [0.29, 0.717) is 11.2 Å². The number of aromatic nitrogens is 2. The van der Waals surface area contributed by atoms with Gasteiger partial charge in [-0.3, -0.25) is 9.59 Å². The number of halogens is 1. The number of carbonyl (C=O) groups excluding carboxylic acids is 1. The first kappa shape index (κ1) is 15.8. The van der Waals surface area contributed by atoms with Crippen molar-refractivity contribution in [2.24, 2.45) is 0 Å². The van der Waals surface area contributed by atoms with Crippen molar-refractivity contribution >= 4 is 27.7 Å². The number of amides is 1. The Morgan fingerprint density at radius 1 is 1.39 bits per heavy atom. The molecular weight excluding hydrogens is 364 g/mol. The highest BCUT2D eigenvalue weighted by molar-refractivity contribution is 9.10. The van der Waals surface area contributed by atoms with Crippen molar-refractivity contribution in [3.8, 4) is 0 Å². The van der Waals surface area contributed by atoms with Crippen molar-refractivity contribution in [3.05, 3.63) is 45.0 Å². The Labute approximate surface area is 141 Å². The molecule has 1 amide bonds. The molecule has 1 aliphatic rings. The minimum atomic E-state index is -0.240. The number of furan rings is 1. The van der Waals surface area contributed by atoms with Crippen LogP contribution in [0.15, 0.2) is 38.1 Å². The fourth-order valence-electron chi connectivity index (χ4n) is 2.75. The van der Waals surface area contributed by atoms with Crippen molar-refractivity contribution < 1.29 is 9.21 Å². The second-order valence-corrected chi connectivity index (χ2v) is 6.22. The van der Waals surface area contributed by atoms with Gasteiger partial charge in [-0.1, -0.05) is 0 Å². The summed E-state index contributed by atoms with van der Waals surface area (Å²) >= 11 is 3.18. The summed E-state index contributed by atoms with van der Waals surface area (Å²) in [5, 5.41) is 9.45. The van der Waals surface area contributed by atoms with Crippen LogP contribution < -0.4 is 15.8 Å². The van der Waals surface area contributed by atoms with Gasteiger partial charge in [0.25, 0.3) is 11.5 Å². The van der Waals surface area contributed by atoms with E-state index < -0.39 is 0 Å². The van der Waals surface area contributed by atoms with Crippen LogP contribution in [0.1, 0.15) is 29.8 Å². The van der Waals surface area contributed by atoms with Crippen molar-refractivity contribution in [1.82, 2.24) is 15.5 Å². The molecule has 3 heterocycles. The molecule has 2 N–H and O–H groups in total. The summed E-state index contributed by atoms with van der Waals surface area (Å²) in [7, 11) is 0. The highest BCUT2D eigenvalue weighted by Gasteiger charge is 2.24. The maximum absolute atomic E-state index is 12.1.